The summed E-state index contributed by atoms with van der Waals surface area (Å²) in [7, 11) is 2.21. The predicted molar refractivity (Wildman–Crippen MR) is 116 cm³/mol. The first kappa shape index (κ1) is 22.8. The maximum Gasteiger partial charge on any atom is 0.399 e. The van der Waals surface area contributed by atoms with E-state index in [0.29, 0.717) is 18.4 Å². The van der Waals surface area contributed by atoms with Crippen molar-refractivity contribution in [3.05, 3.63) is 88.5 Å². The van der Waals surface area contributed by atoms with Crippen LogP contribution in [-0.2, 0) is 25.5 Å². The number of allylic oxidation sites excluding steroid dienone is 2. The van der Waals surface area contributed by atoms with E-state index < -0.39 is 29.4 Å². The Morgan fingerprint density at radius 2 is 1.39 bits per heavy atom. The van der Waals surface area contributed by atoms with Crippen LogP contribution in [-0.4, -0.2) is 32.3 Å². The molecule has 2 aromatic carbocycles. The third kappa shape index (κ3) is 3.86. The van der Waals surface area contributed by atoms with Crippen LogP contribution < -0.4 is 0 Å². The van der Waals surface area contributed by atoms with Gasteiger partial charge in [-0.15, -0.1) is 0 Å². The van der Waals surface area contributed by atoms with Gasteiger partial charge in [0.05, 0.1) is 14.2 Å². The van der Waals surface area contributed by atoms with Gasteiger partial charge in [-0.2, -0.15) is 13.2 Å². The van der Waals surface area contributed by atoms with Crippen molar-refractivity contribution in [2.24, 2.45) is 11.3 Å². The van der Waals surface area contributed by atoms with Gasteiger partial charge in [0.2, 0.25) is 5.41 Å². The molecule has 2 aliphatic carbocycles. The number of hydrogen-bond acceptors (Lipinski definition) is 4. The van der Waals surface area contributed by atoms with Crippen LogP contribution in [0.4, 0.5) is 13.2 Å². The molecule has 33 heavy (non-hydrogen) atoms. The average Bonchev–Trinajstić information content (AvgIpc) is 3.70. The number of halogens is 3. The standard InChI is InChI=1S/C26H23F3O4/c1-32-23(30)25(24(31)33-2)20(17-13-7-4-8-14-17)22(25)19-18(21(19)26(27,28)29)15-9-12-16-10-5-3-6-11-16/h3-8,10-11,13-14,21H,9,12,15H2,1-2H3. The summed E-state index contributed by atoms with van der Waals surface area (Å²) in [5, 5.41) is 0. The molecule has 2 aliphatic rings. The van der Waals surface area contributed by atoms with E-state index in [1.54, 1.807) is 30.3 Å². The molecular weight excluding hydrogens is 433 g/mol. The molecule has 0 heterocycles. The van der Waals surface area contributed by atoms with Gasteiger partial charge in [0, 0.05) is 0 Å². The van der Waals surface area contributed by atoms with Gasteiger partial charge in [0.1, 0.15) is 5.92 Å². The molecule has 0 bridgehead atoms. The second-order valence-corrected chi connectivity index (χ2v) is 8.10. The van der Waals surface area contributed by atoms with E-state index in [1.807, 2.05) is 30.3 Å². The highest BCUT2D eigenvalue weighted by molar-refractivity contribution is 6.27. The Balaban J connectivity index is 1.73. The van der Waals surface area contributed by atoms with Crippen molar-refractivity contribution in [3.63, 3.8) is 0 Å². The molecule has 172 valence electrons. The van der Waals surface area contributed by atoms with Gasteiger partial charge in [-0.1, -0.05) is 60.7 Å². The van der Waals surface area contributed by atoms with Crippen LogP contribution in [0.2, 0.25) is 0 Å². The Kier molecular flexibility index (Phi) is 5.91. The molecule has 1 unspecified atom stereocenters. The normalized spacial score (nSPS) is 18.8. The van der Waals surface area contributed by atoms with Crippen molar-refractivity contribution >= 4 is 17.5 Å². The van der Waals surface area contributed by atoms with Gasteiger partial charge < -0.3 is 9.47 Å². The summed E-state index contributed by atoms with van der Waals surface area (Å²) in [6.07, 6.45) is -3.13. The number of benzene rings is 2. The lowest BCUT2D eigenvalue weighted by Crippen LogP contribution is -2.33. The van der Waals surface area contributed by atoms with Crippen LogP contribution >= 0.6 is 0 Å². The van der Waals surface area contributed by atoms with E-state index in [1.165, 1.54) is 0 Å². The zero-order valence-corrected chi connectivity index (χ0v) is 18.2. The van der Waals surface area contributed by atoms with Crippen molar-refractivity contribution in [3.8, 4) is 0 Å². The van der Waals surface area contributed by atoms with Crippen LogP contribution in [0.1, 0.15) is 24.0 Å². The maximum absolute atomic E-state index is 13.9. The fourth-order valence-corrected chi connectivity index (χ4v) is 4.72. The molecule has 0 radical (unpaired) electrons. The number of methoxy groups -OCH3 is 2. The number of carbonyl (C=O) groups is 2. The first-order valence-corrected chi connectivity index (χ1v) is 10.6. The van der Waals surface area contributed by atoms with Crippen molar-refractivity contribution < 1.29 is 32.2 Å². The molecule has 0 N–H and O–H groups in total. The quantitative estimate of drug-likeness (QED) is 0.400. The molecule has 7 heteroatoms. The molecule has 4 rings (SSSR count). The molecule has 0 saturated heterocycles. The van der Waals surface area contributed by atoms with Crippen LogP contribution in [0.25, 0.3) is 5.57 Å². The lowest BCUT2D eigenvalue weighted by atomic mass is 9.93. The van der Waals surface area contributed by atoms with Crippen LogP contribution in [0.3, 0.4) is 0 Å². The Morgan fingerprint density at radius 1 is 0.848 bits per heavy atom. The molecule has 0 amide bonds. The fraction of sp³-hybridized carbons (Fsp3) is 0.308. The van der Waals surface area contributed by atoms with Crippen molar-refractivity contribution in [2.45, 2.75) is 25.4 Å². The zero-order valence-electron chi connectivity index (χ0n) is 18.2. The molecule has 0 spiro atoms. The number of carbonyl (C=O) groups excluding carboxylic acids is 2. The molecule has 0 aromatic heterocycles. The molecule has 0 aliphatic heterocycles. The smallest absolute Gasteiger partial charge is 0.399 e. The third-order valence-corrected chi connectivity index (χ3v) is 6.23. The summed E-state index contributed by atoms with van der Waals surface area (Å²) in [4.78, 5) is 25.6. The van der Waals surface area contributed by atoms with E-state index in [9.17, 15) is 22.8 Å². The lowest BCUT2D eigenvalue weighted by Gasteiger charge is -2.15. The number of hydrogen-bond donors (Lipinski definition) is 0. The summed E-state index contributed by atoms with van der Waals surface area (Å²) >= 11 is 0. The van der Waals surface area contributed by atoms with Gasteiger partial charge in [-0.25, -0.2) is 0 Å². The Bertz CT molecular complexity index is 1120. The molecule has 2 aromatic rings. The second-order valence-electron chi connectivity index (χ2n) is 8.10. The summed E-state index contributed by atoms with van der Waals surface area (Å²) < 4.78 is 51.5. The molecule has 0 fully saturated rings. The van der Waals surface area contributed by atoms with Crippen LogP contribution in [0, 0.1) is 11.3 Å². The topological polar surface area (TPSA) is 52.6 Å². The Morgan fingerprint density at radius 3 is 1.91 bits per heavy atom. The summed E-state index contributed by atoms with van der Waals surface area (Å²) in [5.41, 5.74) is 0.103. The minimum atomic E-state index is -4.51. The van der Waals surface area contributed by atoms with E-state index in [2.05, 4.69) is 0 Å². The van der Waals surface area contributed by atoms with Crippen molar-refractivity contribution in [2.75, 3.05) is 14.2 Å². The number of aryl methyl sites for hydroxylation is 1. The highest BCUT2D eigenvalue weighted by Gasteiger charge is 2.73. The number of rotatable bonds is 8. The average molecular weight is 456 g/mol. The van der Waals surface area contributed by atoms with Gasteiger partial charge >= 0.3 is 18.1 Å². The van der Waals surface area contributed by atoms with Crippen LogP contribution in [0.15, 0.2) is 77.4 Å². The summed E-state index contributed by atoms with van der Waals surface area (Å²) in [6, 6.07) is 18.0. The monoisotopic (exact) mass is 456 g/mol. The highest BCUT2D eigenvalue weighted by atomic mass is 19.4. The van der Waals surface area contributed by atoms with Crippen molar-refractivity contribution in [1.29, 1.82) is 0 Å². The van der Waals surface area contributed by atoms with E-state index >= 15 is 0 Å². The largest absolute Gasteiger partial charge is 0.468 e. The van der Waals surface area contributed by atoms with Crippen molar-refractivity contribution in [1.82, 2.24) is 0 Å². The Hall–Kier alpha value is -3.35. The summed E-state index contributed by atoms with van der Waals surface area (Å²) in [5.74, 6) is -3.64. The van der Waals surface area contributed by atoms with Gasteiger partial charge in [0.25, 0.3) is 0 Å². The minimum Gasteiger partial charge on any atom is -0.468 e. The van der Waals surface area contributed by atoms with Gasteiger partial charge in [-0.05, 0) is 52.7 Å². The Labute approximate surface area is 189 Å². The number of ether oxygens (including phenoxy) is 2. The number of alkyl halides is 3. The minimum absolute atomic E-state index is 0.0187. The fourth-order valence-electron chi connectivity index (χ4n) is 4.72. The number of esters is 2. The second kappa shape index (κ2) is 8.54. The molecular formula is C26H23F3O4. The first-order chi connectivity index (χ1) is 15.8. The van der Waals surface area contributed by atoms with E-state index in [4.69, 9.17) is 9.47 Å². The lowest BCUT2D eigenvalue weighted by molar-refractivity contribution is -0.159. The zero-order chi connectivity index (χ0) is 23.8. The maximum atomic E-state index is 13.9. The van der Waals surface area contributed by atoms with Crippen LogP contribution in [0.5, 0.6) is 0 Å². The highest BCUT2D eigenvalue weighted by Crippen LogP contribution is 2.71. The van der Waals surface area contributed by atoms with E-state index in [0.717, 1.165) is 19.8 Å². The summed E-state index contributed by atoms with van der Waals surface area (Å²) in [6.45, 7) is 0. The predicted octanol–water partition coefficient (Wildman–Crippen LogP) is 5.30. The van der Waals surface area contributed by atoms with Gasteiger partial charge in [0.15, 0.2) is 0 Å². The third-order valence-electron chi connectivity index (χ3n) is 6.23. The molecule has 4 nitrogen and oxygen atoms in total. The van der Waals surface area contributed by atoms with E-state index in [-0.39, 0.29) is 28.7 Å². The van der Waals surface area contributed by atoms with Gasteiger partial charge in [-0.3, -0.25) is 9.59 Å². The SMILES string of the molecule is COC(=O)C1(C(=O)OC)C(C2=C(CCCc3ccccc3)C2C(F)(F)F)=C1c1ccccc1. The first-order valence-electron chi connectivity index (χ1n) is 10.6. The molecule has 1 atom stereocenters. The molecule has 0 saturated carbocycles.